The lowest BCUT2D eigenvalue weighted by molar-refractivity contribution is 0.353. The third kappa shape index (κ3) is 3.60. The van der Waals surface area contributed by atoms with Crippen LogP contribution >= 0.6 is 0 Å². The topological polar surface area (TPSA) is 29.3 Å². The molecule has 1 fully saturated rings. The second kappa shape index (κ2) is 6.83. The van der Waals surface area contributed by atoms with Crippen molar-refractivity contribution >= 4 is 5.69 Å². The highest BCUT2D eigenvalue weighted by Crippen LogP contribution is 2.37. The Bertz CT molecular complexity index is 448. The molecule has 0 saturated heterocycles. The second-order valence-electron chi connectivity index (χ2n) is 7.04. The summed E-state index contributed by atoms with van der Waals surface area (Å²) in [4.78, 5) is 2.48. The Morgan fingerprint density at radius 1 is 1.14 bits per heavy atom. The van der Waals surface area contributed by atoms with Gasteiger partial charge in [0.1, 0.15) is 0 Å². The molecular formula is C19H32N2. The fourth-order valence-electron chi connectivity index (χ4n) is 3.96. The number of rotatable bonds is 4. The molecular weight excluding hydrogens is 256 g/mol. The maximum atomic E-state index is 6.27. The summed E-state index contributed by atoms with van der Waals surface area (Å²) in [7, 11) is 2.24. The normalized spacial score (nSPS) is 26.4. The van der Waals surface area contributed by atoms with Crippen LogP contribution in [0.15, 0.2) is 18.2 Å². The van der Waals surface area contributed by atoms with E-state index in [1.54, 1.807) is 0 Å². The Kier molecular flexibility index (Phi) is 5.32. The molecule has 2 unspecified atom stereocenters. The molecule has 0 spiro atoms. The van der Waals surface area contributed by atoms with Crippen LogP contribution in [-0.4, -0.2) is 19.1 Å². The van der Waals surface area contributed by atoms with E-state index < -0.39 is 0 Å². The Hall–Kier alpha value is -1.02. The van der Waals surface area contributed by atoms with Crippen LogP contribution < -0.4 is 10.6 Å². The molecule has 0 amide bonds. The SMILES string of the molecule is CCC1CCCC(CN)(N(C)c2cc(C)cc(C)c2)CC1. The molecule has 2 rings (SSSR count). The number of nitrogens with two attached hydrogens (primary N) is 1. The average molecular weight is 288 g/mol. The summed E-state index contributed by atoms with van der Waals surface area (Å²) < 4.78 is 0. The first kappa shape index (κ1) is 16.4. The standard InChI is InChI=1S/C19H32N2/c1-5-17-7-6-9-19(14-20,10-8-17)21(4)18-12-15(2)11-16(3)13-18/h11-13,17H,5-10,14,20H2,1-4H3. The molecule has 1 aromatic rings. The lowest BCUT2D eigenvalue weighted by atomic mass is 9.87. The highest BCUT2D eigenvalue weighted by molar-refractivity contribution is 5.52. The lowest BCUT2D eigenvalue weighted by Gasteiger charge is -2.43. The second-order valence-corrected chi connectivity index (χ2v) is 7.04. The summed E-state index contributed by atoms with van der Waals surface area (Å²) >= 11 is 0. The molecule has 2 N–H and O–H groups in total. The van der Waals surface area contributed by atoms with E-state index in [0.29, 0.717) is 0 Å². The van der Waals surface area contributed by atoms with Crippen molar-refractivity contribution in [3.63, 3.8) is 0 Å². The lowest BCUT2D eigenvalue weighted by Crippen LogP contribution is -2.52. The summed E-state index contributed by atoms with van der Waals surface area (Å²) in [6.07, 6.45) is 7.77. The molecule has 1 saturated carbocycles. The molecule has 0 aromatic heterocycles. The van der Waals surface area contributed by atoms with E-state index in [1.165, 1.54) is 55.3 Å². The zero-order valence-electron chi connectivity index (χ0n) is 14.3. The van der Waals surface area contributed by atoms with Gasteiger partial charge >= 0.3 is 0 Å². The van der Waals surface area contributed by atoms with Gasteiger partial charge in [-0.3, -0.25) is 0 Å². The van der Waals surface area contributed by atoms with E-state index in [4.69, 9.17) is 5.73 Å². The fourth-order valence-corrected chi connectivity index (χ4v) is 3.96. The molecule has 21 heavy (non-hydrogen) atoms. The van der Waals surface area contributed by atoms with Gasteiger partial charge in [-0.1, -0.05) is 32.3 Å². The Morgan fingerprint density at radius 2 is 1.81 bits per heavy atom. The van der Waals surface area contributed by atoms with Crippen molar-refractivity contribution < 1.29 is 0 Å². The minimum Gasteiger partial charge on any atom is -0.368 e. The molecule has 2 heteroatoms. The van der Waals surface area contributed by atoms with Gasteiger partial charge in [0.2, 0.25) is 0 Å². The number of hydrogen-bond donors (Lipinski definition) is 1. The number of anilines is 1. The zero-order valence-corrected chi connectivity index (χ0v) is 14.3. The van der Waals surface area contributed by atoms with E-state index in [0.717, 1.165) is 12.5 Å². The van der Waals surface area contributed by atoms with E-state index in [-0.39, 0.29) is 5.54 Å². The van der Waals surface area contributed by atoms with Crippen LogP contribution in [-0.2, 0) is 0 Å². The average Bonchev–Trinajstić information content (AvgIpc) is 2.68. The molecule has 1 aliphatic carbocycles. The number of hydrogen-bond acceptors (Lipinski definition) is 2. The molecule has 0 radical (unpaired) electrons. The van der Waals surface area contributed by atoms with E-state index in [1.807, 2.05) is 0 Å². The third-order valence-corrected chi connectivity index (χ3v) is 5.54. The minimum absolute atomic E-state index is 0.143. The largest absolute Gasteiger partial charge is 0.368 e. The van der Waals surface area contributed by atoms with Gasteiger partial charge in [0.15, 0.2) is 0 Å². The van der Waals surface area contributed by atoms with E-state index >= 15 is 0 Å². The quantitative estimate of drug-likeness (QED) is 0.831. The van der Waals surface area contributed by atoms with Gasteiger partial charge in [-0.15, -0.1) is 0 Å². The highest BCUT2D eigenvalue weighted by atomic mass is 15.2. The fraction of sp³-hybridized carbons (Fsp3) is 0.684. The first-order valence-corrected chi connectivity index (χ1v) is 8.53. The Morgan fingerprint density at radius 3 is 2.38 bits per heavy atom. The Balaban J connectivity index is 2.26. The van der Waals surface area contributed by atoms with Gasteiger partial charge < -0.3 is 10.6 Å². The van der Waals surface area contributed by atoms with Crippen LogP contribution in [0.4, 0.5) is 5.69 Å². The van der Waals surface area contributed by atoms with Gasteiger partial charge in [0.25, 0.3) is 0 Å². The maximum Gasteiger partial charge on any atom is 0.0521 e. The Labute approximate surface area is 130 Å². The molecule has 118 valence electrons. The predicted octanol–water partition coefficient (Wildman–Crippen LogP) is 4.43. The van der Waals surface area contributed by atoms with Gasteiger partial charge in [-0.05, 0) is 62.3 Å². The highest BCUT2D eigenvalue weighted by Gasteiger charge is 2.35. The van der Waals surface area contributed by atoms with Crippen molar-refractivity contribution in [2.24, 2.45) is 11.7 Å². The molecule has 0 aliphatic heterocycles. The van der Waals surface area contributed by atoms with Crippen molar-refractivity contribution in [3.05, 3.63) is 29.3 Å². The van der Waals surface area contributed by atoms with Crippen molar-refractivity contribution in [2.75, 3.05) is 18.5 Å². The minimum atomic E-state index is 0.143. The van der Waals surface area contributed by atoms with Gasteiger partial charge in [-0.2, -0.15) is 0 Å². The van der Waals surface area contributed by atoms with Gasteiger partial charge in [0, 0.05) is 19.3 Å². The number of benzene rings is 1. The number of likely N-dealkylation sites (N-methyl/N-ethyl adjacent to an activating group) is 1. The maximum absolute atomic E-state index is 6.27. The van der Waals surface area contributed by atoms with E-state index in [2.05, 4.69) is 50.9 Å². The monoisotopic (exact) mass is 288 g/mol. The van der Waals surface area contributed by atoms with Crippen LogP contribution in [0.5, 0.6) is 0 Å². The van der Waals surface area contributed by atoms with Crippen LogP contribution in [0.3, 0.4) is 0 Å². The van der Waals surface area contributed by atoms with Crippen LogP contribution in [0.2, 0.25) is 0 Å². The van der Waals surface area contributed by atoms with Crippen LogP contribution in [0, 0.1) is 19.8 Å². The van der Waals surface area contributed by atoms with Gasteiger partial charge in [0.05, 0.1) is 5.54 Å². The zero-order chi connectivity index (χ0) is 15.5. The third-order valence-electron chi connectivity index (χ3n) is 5.54. The predicted molar refractivity (Wildman–Crippen MR) is 93.0 cm³/mol. The smallest absolute Gasteiger partial charge is 0.0521 e. The molecule has 1 aromatic carbocycles. The summed E-state index contributed by atoms with van der Waals surface area (Å²) in [6, 6.07) is 6.84. The first-order valence-electron chi connectivity index (χ1n) is 8.53. The number of nitrogens with zero attached hydrogens (tertiary/aromatic N) is 1. The van der Waals surface area contributed by atoms with Crippen molar-refractivity contribution in [1.29, 1.82) is 0 Å². The van der Waals surface area contributed by atoms with Crippen molar-refractivity contribution in [2.45, 2.75) is 64.8 Å². The van der Waals surface area contributed by atoms with Crippen molar-refractivity contribution in [3.8, 4) is 0 Å². The van der Waals surface area contributed by atoms with Gasteiger partial charge in [-0.25, -0.2) is 0 Å². The summed E-state index contributed by atoms with van der Waals surface area (Å²) in [5.74, 6) is 0.895. The molecule has 1 aliphatic rings. The molecule has 2 nitrogen and oxygen atoms in total. The van der Waals surface area contributed by atoms with Crippen molar-refractivity contribution in [1.82, 2.24) is 0 Å². The molecule has 0 heterocycles. The first-order chi connectivity index (χ1) is 10.0. The molecule has 0 bridgehead atoms. The summed E-state index contributed by atoms with van der Waals surface area (Å²) in [6.45, 7) is 7.44. The number of aryl methyl sites for hydroxylation is 2. The van der Waals surface area contributed by atoms with Crippen LogP contribution in [0.1, 0.15) is 56.6 Å². The van der Waals surface area contributed by atoms with Crippen LogP contribution in [0.25, 0.3) is 0 Å². The van der Waals surface area contributed by atoms with E-state index in [9.17, 15) is 0 Å². The molecule has 2 atom stereocenters. The summed E-state index contributed by atoms with van der Waals surface area (Å²) in [5, 5.41) is 0. The summed E-state index contributed by atoms with van der Waals surface area (Å²) in [5.41, 5.74) is 10.4.